The van der Waals surface area contributed by atoms with E-state index in [0.29, 0.717) is 15.9 Å². The smallest absolute Gasteiger partial charge is 0.258 e. The fraction of sp³-hybridized carbons (Fsp3) is 0.273. The molecule has 2 N–H and O–H groups in total. The lowest BCUT2D eigenvalue weighted by molar-refractivity contribution is -0.128. The van der Waals surface area contributed by atoms with Crippen LogP contribution in [0.1, 0.15) is 13.8 Å². The molecule has 3 rings (SSSR count). The Morgan fingerprint density at radius 2 is 1.71 bits per heavy atom. The second-order valence-corrected chi connectivity index (χ2v) is 8.00. The molecule has 0 aliphatic carbocycles. The van der Waals surface area contributed by atoms with Crippen molar-refractivity contribution in [1.82, 2.24) is 15.5 Å². The predicted molar refractivity (Wildman–Crippen MR) is 119 cm³/mol. The lowest BCUT2D eigenvalue weighted by atomic mass is 10.0. The summed E-state index contributed by atoms with van der Waals surface area (Å²) in [4.78, 5) is 25.0. The Kier molecular flexibility index (Phi) is 7.55. The number of ether oxygens (including phenoxy) is 2. The minimum atomic E-state index is -0.736. The van der Waals surface area contributed by atoms with Crippen LogP contribution in [0.5, 0.6) is 11.5 Å². The number of para-hydroxylation sites is 1. The van der Waals surface area contributed by atoms with Gasteiger partial charge in [0, 0.05) is 5.56 Å². The van der Waals surface area contributed by atoms with Crippen LogP contribution in [0.25, 0.3) is 10.6 Å². The highest BCUT2D eigenvalue weighted by molar-refractivity contribution is 7.18. The van der Waals surface area contributed by atoms with Crippen LogP contribution in [0.4, 0.5) is 5.13 Å². The molecular formula is C22H24N4O4S. The van der Waals surface area contributed by atoms with E-state index in [1.54, 1.807) is 19.2 Å². The number of aromatic nitrogens is 2. The number of hydrogen-bond acceptors (Lipinski definition) is 7. The van der Waals surface area contributed by atoms with Gasteiger partial charge in [0.1, 0.15) is 22.5 Å². The van der Waals surface area contributed by atoms with Crippen molar-refractivity contribution in [2.45, 2.75) is 19.9 Å². The summed E-state index contributed by atoms with van der Waals surface area (Å²) in [5, 5.41) is 14.7. The first kappa shape index (κ1) is 22.2. The molecule has 3 aromatic rings. The third-order valence-electron chi connectivity index (χ3n) is 4.37. The fourth-order valence-electron chi connectivity index (χ4n) is 2.72. The highest BCUT2D eigenvalue weighted by atomic mass is 32.1. The zero-order valence-corrected chi connectivity index (χ0v) is 18.3. The summed E-state index contributed by atoms with van der Waals surface area (Å²) in [6.45, 7) is 3.53. The van der Waals surface area contributed by atoms with Crippen LogP contribution in [0.2, 0.25) is 0 Å². The average Bonchev–Trinajstić information content (AvgIpc) is 3.25. The minimum Gasteiger partial charge on any atom is -0.497 e. The molecule has 2 aromatic carbocycles. The molecule has 0 fully saturated rings. The van der Waals surface area contributed by atoms with Gasteiger partial charge in [-0.2, -0.15) is 0 Å². The van der Waals surface area contributed by atoms with Crippen LogP contribution < -0.4 is 20.1 Å². The standard InChI is InChI=1S/C22H24N4O4S/c1-14(2)19(23-18(27)13-30-17-7-5-4-6-8-17)20(28)24-22-26-25-21(31-22)15-9-11-16(29-3)12-10-15/h4-12,14,19H,13H2,1-3H3,(H,23,27)(H,24,26,28). The summed E-state index contributed by atoms with van der Waals surface area (Å²) in [5.74, 6) is 0.459. The van der Waals surface area contributed by atoms with Gasteiger partial charge >= 0.3 is 0 Å². The van der Waals surface area contributed by atoms with Crippen molar-refractivity contribution in [3.63, 3.8) is 0 Å². The summed E-state index contributed by atoms with van der Waals surface area (Å²) in [7, 11) is 1.60. The van der Waals surface area contributed by atoms with Crippen molar-refractivity contribution in [2.75, 3.05) is 19.0 Å². The highest BCUT2D eigenvalue weighted by Crippen LogP contribution is 2.28. The number of carbonyl (C=O) groups is 2. The third kappa shape index (κ3) is 6.26. The van der Waals surface area contributed by atoms with Crippen molar-refractivity contribution < 1.29 is 19.1 Å². The van der Waals surface area contributed by atoms with Gasteiger partial charge in [0.15, 0.2) is 6.61 Å². The van der Waals surface area contributed by atoms with E-state index in [1.807, 2.05) is 56.3 Å². The molecule has 2 amide bonds. The Morgan fingerprint density at radius 1 is 1.00 bits per heavy atom. The maximum Gasteiger partial charge on any atom is 0.258 e. The van der Waals surface area contributed by atoms with E-state index < -0.39 is 6.04 Å². The van der Waals surface area contributed by atoms with Gasteiger partial charge in [-0.1, -0.05) is 43.4 Å². The number of carbonyl (C=O) groups excluding carboxylic acids is 2. The van der Waals surface area contributed by atoms with E-state index in [4.69, 9.17) is 9.47 Å². The van der Waals surface area contributed by atoms with E-state index in [0.717, 1.165) is 11.3 Å². The number of benzene rings is 2. The summed E-state index contributed by atoms with van der Waals surface area (Å²) in [6.07, 6.45) is 0. The zero-order valence-electron chi connectivity index (χ0n) is 17.5. The predicted octanol–water partition coefficient (Wildman–Crippen LogP) is 3.37. The fourth-order valence-corrected chi connectivity index (χ4v) is 3.47. The van der Waals surface area contributed by atoms with Gasteiger partial charge in [-0.05, 0) is 42.3 Å². The molecule has 0 bridgehead atoms. The molecule has 162 valence electrons. The van der Waals surface area contributed by atoms with Gasteiger partial charge < -0.3 is 14.8 Å². The van der Waals surface area contributed by atoms with Crippen LogP contribution >= 0.6 is 11.3 Å². The number of hydrogen-bond donors (Lipinski definition) is 2. The number of nitrogens with one attached hydrogen (secondary N) is 2. The van der Waals surface area contributed by atoms with Gasteiger partial charge in [0.2, 0.25) is 11.0 Å². The van der Waals surface area contributed by atoms with Gasteiger partial charge in [0.25, 0.3) is 5.91 Å². The third-order valence-corrected chi connectivity index (χ3v) is 5.26. The van der Waals surface area contributed by atoms with E-state index in [9.17, 15) is 9.59 Å². The van der Waals surface area contributed by atoms with E-state index in [2.05, 4.69) is 20.8 Å². The SMILES string of the molecule is COc1ccc(-c2nnc(NC(=O)C(NC(=O)COc3ccccc3)C(C)C)s2)cc1. The van der Waals surface area contributed by atoms with Crippen LogP contribution in [0.15, 0.2) is 54.6 Å². The average molecular weight is 441 g/mol. The van der Waals surface area contributed by atoms with Crippen molar-refractivity contribution in [1.29, 1.82) is 0 Å². The Morgan fingerprint density at radius 3 is 2.35 bits per heavy atom. The van der Waals surface area contributed by atoms with Crippen molar-refractivity contribution >= 4 is 28.3 Å². The van der Waals surface area contributed by atoms with Crippen LogP contribution in [0.3, 0.4) is 0 Å². The number of amides is 2. The number of nitrogens with zero attached hydrogens (tertiary/aromatic N) is 2. The first-order chi connectivity index (χ1) is 15.0. The van der Waals surface area contributed by atoms with E-state index in [1.165, 1.54) is 11.3 Å². The maximum atomic E-state index is 12.7. The molecule has 1 atom stereocenters. The molecule has 8 nitrogen and oxygen atoms in total. The largest absolute Gasteiger partial charge is 0.497 e. The van der Waals surface area contributed by atoms with Crippen LogP contribution in [-0.4, -0.2) is 41.8 Å². The van der Waals surface area contributed by atoms with Gasteiger partial charge in [0.05, 0.1) is 7.11 Å². The molecule has 0 saturated carbocycles. The van der Waals surface area contributed by atoms with Gasteiger partial charge in [-0.25, -0.2) is 0 Å². The summed E-state index contributed by atoms with van der Waals surface area (Å²) >= 11 is 1.25. The molecule has 31 heavy (non-hydrogen) atoms. The Labute approximate surface area is 184 Å². The number of anilines is 1. The second kappa shape index (κ2) is 10.5. The molecule has 1 unspecified atom stereocenters. The molecule has 0 aliphatic rings. The molecule has 9 heteroatoms. The van der Waals surface area contributed by atoms with E-state index in [-0.39, 0.29) is 24.3 Å². The summed E-state index contributed by atoms with van der Waals surface area (Å²) in [6, 6.07) is 15.7. The molecule has 0 aliphatic heterocycles. The lowest BCUT2D eigenvalue weighted by Gasteiger charge is -2.21. The van der Waals surface area contributed by atoms with Gasteiger partial charge in [-0.3, -0.25) is 14.9 Å². The Bertz CT molecular complexity index is 1010. The normalized spacial score (nSPS) is 11.6. The number of methoxy groups -OCH3 is 1. The topological polar surface area (TPSA) is 102 Å². The Balaban J connectivity index is 1.58. The first-order valence-corrected chi connectivity index (χ1v) is 10.5. The molecule has 0 saturated heterocycles. The quantitative estimate of drug-likeness (QED) is 0.529. The van der Waals surface area contributed by atoms with Crippen molar-refractivity contribution in [2.24, 2.45) is 5.92 Å². The van der Waals surface area contributed by atoms with Crippen LogP contribution in [0, 0.1) is 5.92 Å². The Hall–Kier alpha value is -3.46. The molecular weight excluding hydrogens is 416 g/mol. The zero-order chi connectivity index (χ0) is 22.2. The molecule has 1 heterocycles. The lowest BCUT2D eigenvalue weighted by Crippen LogP contribution is -2.48. The molecule has 1 aromatic heterocycles. The van der Waals surface area contributed by atoms with Crippen molar-refractivity contribution in [3.05, 3.63) is 54.6 Å². The van der Waals surface area contributed by atoms with Crippen molar-refractivity contribution in [3.8, 4) is 22.1 Å². The van der Waals surface area contributed by atoms with E-state index >= 15 is 0 Å². The highest BCUT2D eigenvalue weighted by Gasteiger charge is 2.25. The number of rotatable bonds is 9. The molecule has 0 radical (unpaired) electrons. The monoisotopic (exact) mass is 440 g/mol. The maximum absolute atomic E-state index is 12.7. The summed E-state index contributed by atoms with van der Waals surface area (Å²) < 4.78 is 10.6. The minimum absolute atomic E-state index is 0.130. The molecule has 0 spiro atoms. The summed E-state index contributed by atoms with van der Waals surface area (Å²) in [5.41, 5.74) is 0.866. The van der Waals surface area contributed by atoms with Gasteiger partial charge in [-0.15, -0.1) is 10.2 Å². The second-order valence-electron chi connectivity index (χ2n) is 7.02. The first-order valence-electron chi connectivity index (χ1n) is 9.72. The van der Waals surface area contributed by atoms with Crippen LogP contribution in [-0.2, 0) is 9.59 Å².